The molecule has 4 heterocycles. The standard InChI is InChI=1S/C18H24N6O6/c25-13-11(6-29-18(27)23-9-1-2-9)30-17(14(13)26)24-8-21-12-15(19-7-20-16(12)24)22-10-3-4-28-5-10/h7-11,13-14,17,25-26H,1-6H2,(H,23,27)(H,19,20,22)/t10-,11-,13-,14-,17-/m1/s1. The molecule has 162 valence electrons. The Hall–Kier alpha value is -2.54. The van der Waals surface area contributed by atoms with Gasteiger partial charge in [-0.1, -0.05) is 0 Å². The van der Waals surface area contributed by atoms with E-state index in [0.717, 1.165) is 19.3 Å². The largest absolute Gasteiger partial charge is 0.447 e. The van der Waals surface area contributed by atoms with Crippen molar-refractivity contribution in [2.24, 2.45) is 0 Å². The molecule has 1 saturated carbocycles. The molecule has 2 saturated heterocycles. The van der Waals surface area contributed by atoms with Crippen LogP contribution in [0, 0.1) is 0 Å². The normalized spacial score (nSPS) is 31.2. The van der Waals surface area contributed by atoms with Gasteiger partial charge in [0.15, 0.2) is 23.2 Å². The summed E-state index contributed by atoms with van der Waals surface area (Å²) in [5.41, 5.74) is 0.980. The summed E-state index contributed by atoms with van der Waals surface area (Å²) in [5.74, 6) is 0.568. The molecule has 0 bridgehead atoms. The van der Waals surface area contributed by atoms with Crippen molar-refractivity contribution in [3.8, 4) is 0 Å². The lowest BCUT2D eigenvalue weighted by Gasteiger charge is -2.17. The van der Waals surface area contributed by atoms with Crippen molar-refractivity contribution >= 4 is 23.1 Å². The number of carbonyl (C=O) groups excluding carboxylic acids is 1. The number of hydrogen-bond acceptors (Lipinski definition) is 10. The molecule has 5 atom stereocenters. The van der Waals surface area contributed by atoms with E-state index in [-0.39, 0.29) is 18.7 Å². The highest BCUT2D eigenvalue weighted by Crippen LogP contribution is 2.32. The van der Waals surface area contributed by atoms with Crippen molar-refractivity contribution in [1.29, 1.82) is 0 Å². The number of aliphatic hydroxyl groups is 2. The molecule has 4 N–H and O–H groups in total. The Morgan fingerprint density at radius 3 is 2.83 bits per heavy atom. The van der Waals surface area contributed by atoms with E-state index in [1.807, 2.05) is 0 Å². The topological polar surface area (TPSA) is 153 Å². The first kappa shape index (κ1) is 19.4. The zero-order valence-corrected chi connectivity index (χ0v) is 16.2. The Labute approximate surface area is 171 Å². The molecule has 3 fully saturated rings. The van der Waals surface area contributed by atoms with Crippen LogP contribution in [0.2, 0.25) is 0 Å². The number of ether oxygens (including phenoxy) is 3. The van der Waals surface area contributed by atoms with Crippen molar-refractivity contribution in [3.63, 3.8) is 0 Å². The molecule has 12 nitrogen and oxygen atoms in total. The molecule has 5 rings (SSSR count). The van der Waals surface area contributed by atoms with Gasteiger partial charge in [0.2, 0.25) is 0 Å². The molecular formula is C18H24N6O6. The number of hydrogen-bond donors (Lipinski definition) is 4. The van der Waals surface area contributed by atoms with Gasteiger partial charge < -0.3 is 35.1 Å². The minimum absolute atomic E-state index is 0.145. The van der Waals surface area contributed by atoms with Gasteiger partial charge in [0.25, 0.3) is 0 Å². The van der Waals surface area contributed by atoms with Gasteiger partial charge in [0, 0.05) is 12.6 Å². The number of nitrogens with one attached hydrogen (secondary N) is 2. The summed E-state index contributed by atoms with van der Waals surface area (Å²) in [6.07, 6.45) is 0.825. The first-order valence-electron chi connectivity index (χ1n) is 10.1. The lowest BCUT2D eigenvalue weighted by molar-refractivity contribution is -0.0533. The van der Waals surface area contributed by atoms with Crippen molar-refractivity contribution in [1.82, 2.24) is 24.8 Å². The Morgan fingerprint density at radius 1 is 1.20 bits per heavy atom. The molecule has 0 radical (unpaired) electrons. The third-order valence-corrected chi connectivity index (χ3v) is 5.52. The predicted octanol–water partition coefficient (Wildman–Crippen LogP) is -0.465. The molecule has 30 heavy (non-hydrogen) atoms. The van der Waals surface area contributed by atoms with Crippen LogP contribution >= 0.6 is 0 Å². The lowest BCUT2D eigenvalue weighted by atomic mass is 10.1. The number of amides is 1. The first-order valence-corrected chi connectivity index (χ1v) is 10.1. The maximum atomic E-state index is 11.7. The van der Waals surface area contributed by atoms with Crippen molar-refractivity contribution in [2.45, 2.75) is 55.9 Å². The Balaban J connectivity index is 1.30. The summed E-state index contributed by atoms with van der Waals surface area (Å²) in [7, 11) is 0. The monoisotopic (exact) mass is 420 g/mol. The molecule has 12 heteroatoms. The van der Waals surface area contributed by atoms with E-state index in [0.29, 0.717) is 30.2 Å². The highest BCUT2D eigenvalue weighted by Gasteiger charge is 2.45. The molecule has 2 aromatic heterocycles. The predicted molar refractivity (Wildman–Crippen MR) is 102 cm³/mol. The molecule has 3 aliphatic rings. The van der Waals surface area contributed by atoms with Crippen molar-refractivity contribution in [3.05, 3.63) is 12.7 Å². The van der Waals surface area contributed by atoms with Crippen LogP contribution in [-0.2, 0) is 14.2 Å². The number of carbonyl (C=O) groups is 1. The van der Waals surface area contributed by atoms with Gasteiger partial charge >= 0.3 is 6.09 Å². The summed E-state index contributed by atoms with van der Waals surface area (Å²) in [4.78, 5) is 24.6. The average Bonchev–Trinajstić information content (AvgIpc) is 3.12. The number of aromatic nitrogens is 4. The van der Waals surface area contributed by atoms with E-state index in [9.17, 15) is 15.0 Å². The van der Waals surface area contributed by atoms with E-state index in [1.54, 1.807) is 4.57 Å². The van der Waals surface area contributed by atoms with Crippen LogP contribution in [0.25, 0.3) is 11.2 Å². The summed E-state index contributed by atoms with van der Waals surface area (Å²) < 4.78 is 17.8. The number of anilines is 1. The van der Waals surface area contributed by atoms with Crippen LogP contribution in [0.4, 0.5) is 10.6 Å². The molecule has 0 aromatic carbocycles. The molecule has 1 aliphatic carbocycles. The number of alkyl carbamates (subject to hydrolysis) is 1. The fraction of sp³-hybridized carbons (Fsp3) is 0.667. The quantitative estimate of drug-likeness (QED) is 0.483. The van der Waals surface area contributed by atoms with E-state index >= 15 is 0 Å². The third kappa shape index (κ3) is 3.78. The van der Waals surface area contributed by atoms with Crippen molar-refractivity contribution < 1.29 is 29.2 Å². The Kier molecular flexibility index (Phi) is 5.15. The maximum absolute atomic E-state index is 11.7. The average molecular weight is 420 g/mol. The number of imidazole rings is 1. The zero-order chi connectivity index (χ0) is 20.7. The summed E-state index contributed by atoms with van der Waals surface area (Å²) >= 11 is 0. The molecule has 0 unspecified atom stereocenters. The van der Waals surface area contributed by atoms with E-state index in [1.165, 1.54) is 12.7 Å². The number of fused-ring (bicyclic) bond motifs is 1. The van der Waals surface area contributed by atoms with E-state index in [4.69, 9.17) is 14.2 Å². The van der Waals surface area contributed by atoms with Crippen LogP contribution in [0.1, 0.15) is 25.5 Å². The SMILES string of the molecule is O=C(NC1CC1)OC[C@H]1O[C@@H](n2cnc3c(N[C@@H]4CCOC4)ncnc32)[C@H](O)[C@@H]1O. The number of aliphatic hydroxyl groups excluding tert-OH is 2. The third-order valence-electron chi connectivity index (χ3n) is 5.52. The fourth-order valence-electron chi connectivity index (χ4n) is 3.68. The first-order chi connectivity index (χ1) is 14.6. The molecular weight excluding hydrogens is 396 g/mol. The van der Waals surface area contributed by atoms with Gasteiger partial charge in [-0.15, -0.1) is 0 Å². The smallest absolute Gasteiger partial charge is 0.407 e. The number of rotatable bonds is 6. The highest BCUT2D eigenvalue weighted by molar-refractivity contribution is 5.82. The minimum atomic E-state index is -1.24. The minimum Gasteiger partial charge on any atom is -0.447 e. The van der Waals surface area contributed by atoms with Gasteiger partial charge in [0.1, 0.15) is 31.2 Å². The second-order valence-corrected chi connectivity index (χ2v) is 7.81. The Bertz CT molecular complexity index is 914. The summed E-state index contributed by atoms with van der Waals surface area (Å²) in [6.45, 7) is 1.12. The second kappa shape index (κ2) is 7.95. The highest BCUT2D eigenvalue weighted by atomic mass is 16.6. The van der Waals surface area contributed by atoms with E-state index in [2.05, 4.69) is 25.6 Å². The van der Waals surface area contributed by atoms with Crippen LogP contribution in [0.3, 0.4) is 0 Å². The summed E-state index contributed by atoms with van der Waals surface area (Å²) in [5, 5.41) is 26.9. The maximum Gasteiger partial charge on any atom is 0.407 e. The van der Waals surface area contributed by atoms with Crippen LogP contribution in [-0.4, -0.2) is 86.0 Å². The van der Waals surface area contributed by atoms with Crippen LogP contribution < -0.4 is 10.6 Å². The van der Waals surface area contributed by atoms with Crippen LogP contribution in [0.5, 0.6) is 0 Å². The van der Waals surface area contributed by atoms with Gasteiger partial charge in [0.05, 0.1) is 19.0 Å². The Morgan fingerprint density at radius 2 is 2.07 bits per heavy atom. The molecule has 1 amide bonds. The van der Waals surface area contributed by atoms with Gasteiger partial charge in [-0.25, -0.2) is 19.7 Å². The summed E-state index contributed by atoms with van der Waals surface area (Å²) in [6, 6.07) is 0.313. The molecule has 2 aromatic rings. The van der Waals surface area contributed by atoms with Gasteiger partial charge in [-0.3, -0.25) is 4.57 Å². The molecule has 2 aliphatic heterocycles. The molecule has 0 spiro atoms. The van der Waals surface area contributed by atoms with Gasteiger partial charge in [-0.05, 0) is 19.3 Å². The van der Waals surface area contributed by atoms with Crippen LogP contribution in [0.15, 0.2) is 12.7 Å². The van der Waals surface area contributed by atoms with Crippen molar-refractivity contribution in [2.75, 3.05) is 25.1 Å². The van der Waals surface area contributed by atoms with Gasteiger partial charge in [-0.2, -0.15) is 0 Å². The van der Waals surface area contributed by atoms with E-state index < -0.39 is 30.6 Å². The fourth-order valence-corrected chi connectivity index (χ4v) is 3.68. The number of nitrogens with zero attached hydrogens (tertiary/aromatic N) is 4. The zero-order valence-electron chi connectivity index (χ0n) is 16.2. The second-order valence-electron chi connectivity index (χ2n) is 7.81. The lowest BCUT2D eigenvalue weighted by Crippen LogP contribution is -2.36.